The highest BCUT2D eigenvalue weighted by molar-refractivity contribution is 7.98. The number of thiazole rings is 1. The lowest BCUT2D eigenvalue weighted by Gasteiger charge is -2.19. The molecule has 1 fully saturated rings. The van der Waals surface area contributed by atoms with Crippen molar-refractivity contribution in [2.45, 2.75) is 37.1 Å². The fraction of sp³-hybridized carbons (Fsp3) is 0.474. The third-order valence-corrected chi connectivity index (χ3v) is 6.68. The number of likely N-dealkylation sites (tertiary alicyclic amines) is 1. The van der Waals surface area contributed by atoms with Crippen LogP contribution in [0.3, 0.4) is 0 Å². The minimum Gasteiger partial charge on any atom is -0.351 e. The van der Waals surface area contributed by atoms with E-state index in [1.165, 1.54) is 35.6 Å². The smallest absolute Gasteiger partial charge is 0.263 e. The number of hydrogen-bond donors (Lipinski definition) is 1. The summed E-state index contributed by atoms with van der Waals surface area (Å²) < 4.78 is 0. The standard InChI is InChI=1S/C19H25N3OS2/c1-13-17(18(23)20-10-9-15-7-5-11-22(15)2)25-19(21-13)14-6-4-8-16(12-14)24-3/h4,6,8,12,15H,5,7,9-11H2,1-3H3,(H,20,23). The molecule has 1 unspecified atom stereocenters. The molecule has 2 aromatic rings. The van der Waals surface area contributed by atoms with E-state index in [0.29, 0.717) is 6.04 Å². The number of carbonyl (C=O) groups is 1. The average molecular weight is 376 g/mol. The van der Waals surface area contributed by atoms with Crippen LogP contribution < -0.4 is 5.32 Å². The molecule has 2 heterocycles. The number of nitrogens with one attached hydrogen (secondary N) is 1. The van der Waals surface area contributed by atoms with Gasteiger partial charge >= 0.3 is 0 Å². The normalized spacial score (nSPS) is 17.8. The Morgan fingerprint density at radius 2 is 2.32 bits per heavy atom. The minimum atomic E-state index is 0.00270. The first-order valence-electron chi connectivity index (χ1n) is 8.69. The lowest BCUT2D eigenvalue weighted by molar-refractivity contribution is 0.0953. The van der Waals surface area contributed by atoms with Gasteiger partial charge in [-0.15, -0.1) is 23.1 Å². The SMILES string of the molecule is CSc1cccc(-c2nc(C)c(C(=O)NCCC3CCCN3C)s2)c1. The van der Waals surface area contributed by atoms with Crippen LogP contribution >= 0.6 is 23.1 Å². The van der Waals surface area contributed by atoms with Gasteiger partial charge in [0.1, 0.15) is 9.88 Å². The summed E-state index contributed by atoms with van der Waals surface area (Å²) in [7, 11) is 2.17. The van der Waals surface area contributed by atoms with E-state index in [1.807, 2.05) is 13.0 Å². The summed E-state index contributed by atoms with van der Waals surface area (Å²) >= 11 is 3.19. The van der Waals surface area contributed by atoms with Gasteiger partial charge in [-0.25, -0.2) is 4.98 Å². The number of nitrogens with zero attached hydrogens (tertiary/aromatic N) is 2. The van der Waals surface area contributed by atoms with E-state index in [2.05, 4.69) is 46.7 Å². The molecule has 1 aromatic heterocycles. The quantitative estimate of drug-likeness (QED) is 0.774. The summed E-state index contributed by atoms with van der Waals surface area (Å²) in [6.07, 6.45) is 5.58. The lowest BCUT2D eigenvalue weighted by Crippen LogP contribution is -2.31. The second-order valence-corrected chi connectivity index (χ2v) is 8.37. The molecule has 1 atom stereocenters. The summed E-state index contributed by atoms with van der Waals surface area (Å²) in [5.41, 5.74) is 1.89. The third-order valence-electron chi connectivity index (χ3n) is 4.75. The molecule has 1 saturated heterocycles. The monoisotopic (exact) mass is 375 g/mol. The van der Waals surface area contributed by atoms with E-state index in [9.17, 15) is 4.79 Å². The number of carbonyl (C=O) groups excluding carboxylic acids is 1. The number of aromatic nitrogens is 1. The summed E-state index contributed by atoms with van der Waals surface area (Å²) in [4.78, 5) is 21.5. The summed E-state index contributed by atoms with van der Waals surface area (Å²) in [6.45, 7) is 3.81. The predicted molar refractivity (Wildman–Crippen MR) is 107 cm³/mol. The van der Waals surface area contributed by atoms with Crippen molar-refractivity contribution in [2.24, 2.45) is 0 Å². The zero-order valence-electron chi connectivity index (χ0n) is 15.0. The van der Waals surface area contributed by atoms with Gasteiger partial charge in [-0.1, -0.05) is 12.1 Å². The molecule has 3 rings (SSSR count). The van der Waals surface area contributed by atoms with Crippen LogP contribution in [0.15, 0.2) is 29.2 Å². The molecule has 1 aromatic carbocycles. The topological polar surface area (TPSA) is 45.2 Å². The van der Waals surface area contributed by atoms with Crippen LogP contribution in [-0.2, 0) is 0 Å². The Morgan fingerprint density at radius 3 is 3.04 bits per heavy atom. The van der Waals surface area contributed by atoms with Gasteiger partial charge in [0, 0.05) is 23.0 Å². The fourth-order valence-corrected chi connectivity index (χ4v) is 4.70. The Kier molecular flexibility index (Phi) is 6.15. The number of benzene rings is 1. The van der Waals surface area contributed by atoms with E-state index in [-0.39, 0.29) is 5.91 Å². The molecule has 4 nitrogen and oxygen atoms in total. The molecular formula is C19H25N3OS2. The van der Waals surface area contributed by atoms with Crippen molar-refractivity contribution in [1.29, 1.82) is 0 Å². The largest absolute Gasteiger partial charge is 0.351 e. The van der Waals surface area contributed by atoms with Crippen molar-refractivity contribution in [3.05, 3.63) is 34.8 Å². The Hall–Kier alpha value is -1.37. The van der Waals surface area contributed by atoms with Crippen LogP contribution in [0, 0.1) is 6.92 Å². The number of hydrogen-bond acceptors (Lipinski definition) is 5. The number of rotatable bonds is 6. The Bertz CT molecular complexity index is 744. The molecule has 134 valence electrons. The highest BCUT2D eigenvalue weighted by Crippen LogP contribution is 2.30. The molecule has 1 amide bonds. The van der Waals surface area contributed by atoms with E-state index < -0.39 is 0 Å². The molecule has 25 heavy (non-hydrogen) atoms. The predicted octanol–water partition coefficient (Wildman–Crippen LogP) is 4.05. The van der Waals surface area contributed by atoms with E-state index in [0.717, 1.165) is 34.1 Å². The Labute approximate surface area is 158 Å². The van der Waals surface area contributed by atoms with Crippen LogP contribution in [0.2, 0.25) is 0 Å². The number of amides is 1. The number of thioether (sulfide) groups is 1. The maximum atomic E-state index is 12.5. The summed E-state index contributed by atoms with van der Waals surface area (Å²) in [6, 6.07) is 8.90. The van der Waals surface area contributed by atoms with Crippen molar-refractivity contribution < 1.29 is 4.79 Å². The maximum absolute atomic E-state index is 12.5. The van der Waals surface area contributed by atoms with Crippen molar-refractivity contribution in [2.75, 3.05) is 26.4 Å². The van der Waals surface area contributed by atoms with Gasteiger partial charge in [0.15, 0.2) is 0 Å². The lowest BCUT2D eigenvalue weighted by atomic mass is 10.1. The van der Waals surface area contributed by atoms with Crippen molar-refractivity contribution in [3.8, 4) is 10.6 Å². The minimum absolute atomic E-state index is 0.00270. The van der Waals surface area contributed by atoms with Gasteiger partial charge in [0.25, 0.3) is 5.91 Å². The molecule has 0 bridgehead atoms. The summed E-state index contributed by atoms with van der Waals surface area (Å²) in [5, 5.41) is 3.99. The molecule has 0 aliphatic carbocycles. The van der Waals surface area contributed by atoms with Gasteiger partial charge in [0.2, 0.25) is 0 Å². The van der Waals surface area contributed by atoms with Crippen LogP contribution in [0.4, 0.5) is 0 Å². The fourth-order valence-electron chi connectivity index (χ4n) is 3.26. The highest BCUT2D eigenvalue weighted by atomic mass is 32.2. The van der Waals surface area contributed by atoms with E-state index in [4.69, 9.17) is 0 Å². The van der Waals surface area contributed by atoms with Crippen LogP contribution in [0.5, 0.6) is 0 Å². The van der Waals surface area contributed by atoms with Crippen molar-refractivity contribution in [3.63, 3.8) is 0 Å². The molecular weight excluding hydrogens is 350 g/mol. The van der Waals surface area contributed by atoms with Crippen LogP contribution in [-0.4, -0.2) is 48.2 Å². The average Bonchev–Trinajstić information content (AvgIpc) is 3.21. The molecule has 1 N–H and O–H groups in total. The molecule has 1 aliphatic heterocycles. The summed E-state index contributed by atoms with van der Waals surface area (Å²) in [5.74, 6) is 0.00270. The Balaban J connectivity index is 1.64. The first kappa shape index (κ1) is 18.4. The van der Waals surface area contributed by atoms with Gasteiger partial charge in [-0.3, -0.25) is 4.79 Å². The van der Waals surface area contributed by atoms with E-state index >= 15 is 0 Å². The highest BCUT2D eigenvalue weighted by Gasteiger charge is 2.21. The molecule has 1 aliphatic rings. The van der Waals surface area contributed by atoms with E-state index in [1.54, 1.807) is 11.8 Å². The second kappa shape index (κ2) is 8.34. The first-order chi connectivity index (χ1) is 12.1. The first-order valence-corrected chi connectivity index (χ1v) is 10.7. The zero-order chi connectivity index (χ0) is 17.8. The van der Waals surface area contributed by atoms with Gasteiger partial charge < -0.3 is 10.2 Å². The van der Waals surface area contributed by atoms with Gasteiger partial charge in [-0.2, -0.15) is 0 Å². The van der Waals surface area contributed by atoms with Crippen molar-refractivity contribution >= 4 is 29.0 Å². The zero-order valence-corrected chi connectivity index (χ0v) is 16.7. The number of aryl methyl sites for hydroxylation is 1. The van der Waals surface area contributed by atoms with Gasteiger partial charge in [-0.05, 0) is 58.2 Å². The second-order valence-electron chi connectivity index (χ2n) is 6.49. The van der Waals surface area contributed by atoms with Gasteiger partial charge in [0.05, 0.1) is 5.69 Å². The van der Waals surface area contributed by atoms with Crippen molar-refractivity contribution in [1.82, 2.24) is 15.2 Å². The maximum Gasteiger partial charge on any atom is 0.263 e. The molecule has 0 spiro atoms. The molecule has 0 radical (unpaired) electrons. The van der Waals surface area contributed by atoms with Crippen LogP contribution in [0.25, 0.3) is 10.6 Å². The van der Waals surface area contributed by atoms with Crippen LogP contribution in [0.1, 0.15) is 34.6 Å². The third kappa shape index (κ3) is 4.43. The Morgan fingerprint density at radius 1 is 1.48 bits per heavy atom. The molecule has 6 heteroatoms. The molecule has 0 saturated carbocycles.